The molecular weight excluding hydrogens is 310 g/mol. The van der Waals surface area contributed by atoms with Crippen LogP contribution in [0.1, 0.15) is 37.3 Å². The Kier molecular flexibility index (Phi) is 4.44. The van der Waals surface area contributed by atoms with Crippen molar-refractivity contribution in [2.75, 3.05) is 0 Å². The van der Waals surface area contributed by atoms with E-state index in [2.05, 4.69) is 25.0 Å². The molecule has 2 aromatic rings. The molecule has 1 aliphatic rings. The molecule has 0 spiro atoms. The van der Waals surface area contributed by atoms with Crippen LogP contribution in [0.4, 0.5) is 0 Å². The van der Waals surface area contributed by atoms with Crippen molar-refractivity contribution >= 4 is 17.5 Å². The Labute approximate surface area is 142 Å². The monoisotopic (exact) mass is 331 g/mol. The minimum atomic E-state index is 0.0764. The van der Waals surface area contributed by atoms with Crippen LogP contribution in [0.3, 0.4) is 0 Å². The van der Waals surface area contributed by atoms with Crippen LogP contribution in [0.5, 0.6) is 0 Å². The van der Waals surface area contributed by atoms with E-state index < -0.39 is 0 Å². The van der Waals surface area contributed by atoms with Crippen molar-refractivity contribution in [3.8, 4) is 0 Å². The third-order valence-corrected chi connectivity index (χ3v) is 4.64. The number of benzene rings is 1. The Balaban J connectivity index is 1.70. The molecule has 0 bridgehead atoms. The summed E-state index contributed by atoms with van der Waals surface area (Å²) in [6, 6.07) is 8.02. The van der Waals surface area contributed by atoms with Crippen LogP contribution in [-0.4, -0.2) is 26.6 Å². The molecule has 4 nitrogen and oxygen atoms in total. The van der Waals surface area contributed by atoms with Gasteiger partial charge in [-0.3, -0.25) is 9.48 Å². The predicted molar refractivity (Wildman–Crippen MR) is 91.2 cm³/mol. The van der Waals surface area contributed by atoms with Gasteiger partial charge in [-0.05, 0) is 43.9 Å². The van der Waals surface area contributed by atoms with Gasteiger partial charge in [-0.1, -0.05) is 23.7 Å². The highest BCUT2D eigenvalue weighted by molar-refractivity contribution is 6.30. The molecule has 1 aliphatic carbocycles. The van der Waals surface area contributed by atoms with Gasteiger partial charge in [0.05, 0.1) is 6.20 Å². The van der Waals surface area contributed by atoms with Gasteiger partial charge in [-0.2, -0.15) is 5.10 Å². The number of aryl methyl sites for hydroxylation is 1. The van der Waals surface area contributed by atoms with Crippen molar-refractivity contribution in [2.24, 2.45) is 13.0 Å². The van der Waals surface area contributed by atoms with E-state index in [1.54, 1.807) is 4.68 Å². The summed E-state index contributed by atoms with van der Waals surface area (Å²) < 4.78 is 1.77. The van der Waals surface area contributed by atoms with Gasteiger partial charge in [0, 0.05) is 42.3 Å². The molecule has 5 heteroatoms. The number of aromatic nitrogens is 2. The topological polar surface area (TPSA) is 38.1 Å². The summed E-state index contributed by atoms with van der Waals surface area (Å²) in [5.74, 6) is 0.609. The fraction of sp³-hybridized carbons (Fsp3) is 0.444. The zero-order chi connectivity index (χ0) is 16.6. The molecule has 0 N–H and O–H groups in total. The molecule has 3 rings (SSSR count). The molecule has 1 heterocycles. The molecule has 0 aliphatic heterocycles. The van der Waals surface area contributed by atoms with Gasteiger partial charge in [0.15, 0.2) is 0 Å². The lowest BCUT2D eigenvalue weighted by molar-refractivity contribution is -0.135. The molecule has 1 aromatic carbocycles. The molecule has 122 valence electrons. The number of halogens is 1. The van der Waals surface area contributed by atoms with Gasteiger partial charge in [0.2, 0.25) is 5.91 Å². The number of hydrogen-bond acceptors (Lipinski definition) is 2. The van der Waals surface area contributed by atoms with E-state index in [1.165, 1.54) is 5.56 Å². The van der Waals surface area contributed by atoms with Crippen molar-refractivity contribution in [1.82, 2.24) is 14.7 Å². The fourth-order valence-electron chi connectivity index (χ4n) is 3.05. The third kappa shape index (κ3) is 3.58. The summed E-state index contributed by atoms with van der Waals surface area (Å²) in [5.41, 5.74) is 2.23. The van der Waals surface area contributed by atoms with Crippen molar-refractivity contribution in [2.45, 2.75) is 38.8 Å². The summed E-state index contributed by atoms with van der Waals surface area (Å²) in [4.78, 5) is 14.8. The van der Waals surface area contributed by atoms with E-state index >= 15 is 0 Å². The van der Waals surface area contributed by atoms with Crippen LogP contribution in [0.25, 0.3) is 0 Å². The largest absolute Gasteiger partial charge is 0.336 e. The van der Waals surface area contributed by atoms with Crippen molar-refractivity contribution in [1.29, 1.82) is 0 Å². The number of carbonyl (C=O) groups is 1. The summed E-state index contributed by atoms with van der Waals surface area (Å²) in [6.45, 7) is 4.74. The highest BCUT2D eigenvalue weighted by atomic mass is 35.5. The Hall–Kier alpha value is -1.81. The second-order valence-electron chi connectivity index (χ2n) is 6.59. The van der Waals surface area contributed by atoms with E-state index in [1.807, 2.05) is 42.5 Å². The first-order valence-corrected chi connectivity index (χ1v) is 8.37. The minimum Gasteiger partial charge on any atom is -0.336 e. The fourth-order valence-corrected chi connectivity index (χ4v) is 3.25. The molecule has 1 fully saturated rings. The maximum atomic E-state index is 12.9. The number of hydrogen-bond donors (Lipinski definition) is 0. The Morgan fingerprint density at radius 2 is 2.26 bits per heavy atom. The molecular formula is C18H22ClN3O. The SMILES string of the molecule is CC(C)N(Cc1cnn(C)c1)C(=O)[C@H]1C[C@H]1c1cccc(Cl)c1. The minimum absolute atomic E-state index is 0.0764. The highest BCUT2D eigenvalue weighted by Crippen LogP contribution is 2.49. The second-order valence-corrected chi connectivity index (χ2v) is 7.02. The van der Waals surface area contributed by atoms with Gasteiger partial charge in [-0.15, -0.1) is 0 Å². The Morgan fingerprint density at radius 3 is 2.87 bits per heavy atom. The highest BCUT2D eigenvalue weighted by Gasteiger charge is 2.46. The molecule has 0 saturated heterocycles. The van der Waals surface area contributed by atoms with Crippen LogP contribution in [-0.2, 0) is 18.4 Å². The number of nitrogens with zero attached hydrogens (tertiary/aromatic N) is 3. The summed E-state index contributed by atoms with van der Waals surface area (Å²) in [7, 11) is 1.89. The Bertz CT molecular complexity index is 710. The van der Waals surface area contributed by atoms with E-state index in [4.69, 9.17) is 11.6 Å². The van der Waals surface area contributed by atoms with E-state index in [9.17, 15) is 4.79 Å². The number of amides is 1. The van der Waals surface area contributed by atoms with E-state index in [0.29, 0.717) is 12.5 Å². The van der Waals surface area contributed by atoms with Crippen LogP contribution in [0.2, 0.25) is 5.02 Å². The zero-order valence-electron chi connectivity index (χ0n) is 13.7. The number of carbonyl (C=O) groups excluding carboxylic acids is 1. The van der Waals surface area contributed by atoms with Gasteiger partial charge < -0.3 is 4.90 Å². The zero-order valence-corrected chi connectivity index (χ0v) is 14.5. The molecule has 1 amide bonds. The summed E-state index contributed by atoms with van der Waals surface area (Å²) in [5, 5.41) is 4.92. The molecule has 2 atom stereocenters. The maximum absolute atomic E-state index is 12.9. The molecule has 23 heavy (non-hydrogen) atoms. The van der Waals surface area contributed by atoms with Crippen LogP contribution < -0.4 is 0 Å². The molecule has 0 unspecified atom stereocenters. The first-order chi connectivity index (χ1) is 11.0. The number of rotatable bonds is 5. The van der Waals surface area contributed by atoms with Crippen molar-refractivity contribution in [3.05, 3.63) is 52.8 Å². The van der Waals surface area contributed by atoms with Crippen LogP contribution in [0.15, 0.2) is 36.7 Å². The van der Waals surface area contributed by atoms with Crippen molar-refractivity contribution < 1.29 is 4.79 Å². The van der Waals surface area contributed by atoms with Crippen LogP contribution in [0, 0.1) is 5.92 Å². The lowest BCUT2D eigenvalue weighted by Gasteiger charge is -2.26. The molecule has 1 saturated carbocycles. The quantitative estimate of drug-likeness (QED) is 0.839. The molecule has 0 radical (unpaired) electrons. The smallest absolute Gasteiger partial charge is 0.226 e. The lowest BCUT2D eigenvalue weighted by atomic mass is 10.1. The van der Waals surface area contributed by atoms with Gasteiger partial charge in [0.25, 0.3) is 0 Å². The van der Waals surface area contributed by atoms with Gasteiger partial charge in [0.1, 0.15) is 0 Å². The third-order valence-electron chi connectivity index (χ3n) is 4.40. The second kappa shape index (κ2) is 6.36. The normalized spacial score (nSPS) is 19.9. The van der Waals surface area contributed by atoms with Crippen molar-refractivity contribution in [3.63, 3.8) is 0 Å². The maximum Gasteiger partial charge on any atom is 0.226 e. The molecule has 1 aromatic heterocycles. The summed E-state index contributed by atoms with van der Waals surface area (Å²) >= 11 is 6.06. The Morgan fingerprint density at radius 1 is 1.48 bits per heavy atom. The summed E-state index contributed by atoms with van der Waals surface area (Å²) in [6.07, 6.45) is 4.70. The first kappa shape index (κ1) is 16.1. The average Bonchev–Trinajstić information content (AvgIpc) is 3.20. The predicted octanol–water partition coefficient (Wildman–Crippen LogP) is 3.61. The van der Waals surface area contributed by atoms with Gasteiger partial charge >= 0.3 is 0 Å². The average molecular weight is 332 g/mol. The van der Waals surface area contributed by atoms with Crippen LogP contribution >= 0.6 is 11.6 Å². The lowest BCUT2D eigenvalue weighted by Crippen LogP contribution is -2.37. The van der Waals surface area contributed by atoms with E-state index in [-0.39, 0.29) is 17.9 Å². The van der Waals surface area contributed by atoms with Gasteiger partial charge in [-0.25, -0.2) is 0 Å². The standard InChI is InChI=1S/C18H22ClN3O/c1-12(2)22(11-13-9-20-21(3)10-13)18(23)17-8-16(17)14-5-4-6-15(19)7-14/h4-7,9-10,12,16-17H,8,11H2,1-3H3/t16-,17-/m0/s1. The first-order valence-electron chi connectivity index (χ1n) is 7.99. The van der Waals surface area contributed by atoms with E-state index in [0.717, 1.165) is 17.0 Å².